The Labute approximate surface area is 338 Å². The highest BCUT2D eigenvalue weighted by Crippen LogP contribution is 2.55. The summed E-state index contributed by atoms with van der Waals surface area (Å²) >= 11 is 0. The number of anilines is 1. The Morgan fingerprint density at radius 2 is 1.79 bits per heavy atom. The Morgan fingerprint density at radius 3 is 2.50 bits per heavy atom. The number of benzene rings is 2. The maximum absolute atomic E-state index is 17.5. The zero-order chi connectivity index (χ0) is 41.0. The highest BCUT2D eigenvalue weighted by molar-refractivity contribution is 6.03. The molecule has 9 rings (SSSR count). The van der Waals surface area contributed by atoms with E-state index in [0.717, 1.165) is 51.9 Å². The van der Waals surface area contributed by atoms with Gasteiger partial charge in [0.1, 0.15) is 39.6 Å². The Morgan fingerprint density at radius 1 is 1.02 bits per heavy atom. The highest BCUT2D eigenvalue weighted by Gasteiger charge is 2.57. The fraction of sp³-hybridized carbons (Fsp3) is 0.614. The van der Waals surface area contributed by atoms with E-state index in [4.69, 9.17) is 28.9 Å². The first-order chi connectivity index (χ1) is 28.0. The van der Waals surface area contributed by atoms with Crippen molar-refractivity contribution < 1.29 is 43.0 Å². The fourth-order valence-corrected chi connectivity index (χ4v) is 10.5. The molecule has 5 aliphatic rings. The number of piperidine rings is 1. The predicted molar refractivity (Wildman–Crippen MR) is 217 cm³/mol. The van der Waals surface area contributed by atoms with E-state index in [1.54, 1.807) is 17.9 Å². The summed E-state index contributed by atoms with van der Waals surface area (Å²) in [4.78, 5) is 18.8. The number of aryl methyl sites for hydroxylation is 1. The van der Waals surface area contributed by atoms with Gasteiger partial charge in [0.15, 0.2) is 5.82 Å². The van der Waals surface area contributed by atoms with Gasteiger partial charge in [0.2, 0.25) is 5.88 Å². The molecule has 4 atom stereocenters. The Balaban J connectivity index is 0.00000231. The van der Waals surface area contributed by atoms with Gasteiger partial charge in [-0.25, -0.2) is 13.8 Å². The second kappa shape index (κ2) is 15.9. The van der Waals surface area contributed by atoms with Crippen molar-refractivity contribution in [1.29, 1.82) is 0 Å². The normalized spacial score (nSPS) is 27.1. The van der Waals surface area contributed by atoms with E-state index in [1.165, 1.54) is 38.2 Å². The van der Waals surface area contributed by atoms with Crippen molar-refractivity contribution in [3.05, 3.63) is 41.5 Å². The van der Waals surface area contributed by atoms with E-state index in [-0.39, 0.29) is 77.3 Å². The molecule has 0 amide bonds. The van der Waals surface area contributed by atoms with Crippen LogP contribution in [0.5, 0.6) is 17.6 Å². The van der Waals surface area contributed by atoms with Gasteiger partial charge < -0.3 is 39.2 Å². The molecule has 3 aliphatic heterocycles. The molecule has 14 heteroatoms. The van der Waals surface area contributed by atoms with Crippen molar-refractivity contribution in [3.8, 4) is 28.9 Å². The Hall–Kier alpha value is -3.95. The van der Waals surface area contributed by atoms with Crippen LogP contribution < -0.4 is 14.4 Å². The number of hydrogen-bond acceptors (Lipinski definition) is 12. The lowest BCUT2D eigenvalue weighted by molar-refractivity contribution is -0.196. The van der Waals surface area contributed by atoms with Gasteiger partial charge in [0, 0.05) is 35.0 Å². The largest absolute Gasteiger partial charge is 0.508 e. The number of aliphatic hydroxyl groups excluding tert-OH is 1. The lowest BCUT2D eigenvalue weighted by Crippen LogP contribution is -2.64. The van der Waals surface area contributed by atoms with Crippen LogP contribution in [0, 0.1) is 22.5 Å². The molecular weight excluding hydrogens is 749 g/mol. The van der Waals surface area contributed by atoms with E-state index < -0.39 is 23.3 Å². The second-order valence-corrected chi connectivity index (χ2v) is 17.3. The van der Waals surface area contributed by atoms with E-state index >= 15 is 8.78 Å². The van der Waals surface area contributed by atoms with Gasteiger partial charge in [0.25, 0.3) is 0 Å². The number of aromatic nitrogens is 3. The maximum Gasteiger partial charge on any atom is 0.319 e. The molecule has 58 heavy (non-hydrogen) atoms. The zero-order valence-corrected chi connectivity index (χ0v) is 34.3. The minimum Gasteiger partial charge on any atom is -0.508 e. The molecule has 0 bridgehead atoms. The molecule has 0 radical (unpaired) electrons. The van der Waals surface area contributed by atoms with Crippen LogP contribution in [-0.4, -0.2) is 119 Å². The summed E-state index contributed by atoms with van der Waals surface area (Å²) in [5.74, 6) is -1.22. The minimum absolute atomic E-state index is 0.0123. The molecule has 2 aromatic heterocycles. The van der Waals surface area contributed by atoms with Crippen LogP contribution in [0.3, 0.4) is 0 Å². The quantitative estimate of drug-likeness (QED) is 0.169. The van der Waals surface area contributed by atoms with Crippen molar-refractivity contribution in [1.82, 2.24) is 19.9 Å². The monoisotopic (exact) mass is 805 g/mol. The SMILES string of the molecule is CC.CCc1c(F)ccc2cc(O)cc(-c3nc(OC)c4c(N5CC(CO)OCC(C)(O)C5)nc(OCC56CCCC5N(C5CC7(COC7)C5)CCC6)nc4c3F)c12. The summed E-state index contributed by atoms with van der Waals surface area (Å²) in [5, 5.41) is 33.4. The number of phenols is 1. The van der Waals surface area contributed by atoms with Gasteiger partial charge in [-0.05, 0) is 92.9 Å². The van der Waals surface area contributed by atoms with Gasteiger partial charge in [-0.3, -0.25) is 4.90 Å². The number of hydrogen-bond donors (Lipinski definition) is 3. The summed E-state index contributed by atoms with van der Waals surface area (Å²) in [6, 6.07) is 6.65. The summed E-state index contributed by atoms with van der Waals surface area (Å²) in [6.07, 6.45) is 7.27. The minimum atomic E-state index is -1.35. The van der Waals surface area contributed by atoms with Crippen LogP contribution in [0.1, 0.15) is 78.2 Å². The van der Waals surface area contributed by atoms with Gasteiger partial charge in [-0.15, -0.1) is 0 Å². The summed E-state index contributed by atoms with van der Waals surface area (Å²) in [6.45, 7) is 10.4. The van der Waals surface area contributed by atoms with Crippen LogP contribution >= 0.6 is 0 Å². The number of pyridine rings is 1. The number of ether oxygens (including phenoxy) is 4. The average molecular weight is 806 g/mol. The number of methoxy groups -OCH3 is 1. The molecule has 4 aromatic rings. The van der Waals surface area contributed by atoms with E-state index in [0.29, 0.717) is 46.9 Å². The van der Waals surface area contributed by atoms with Crippen molar-refractivity contribution in [2.75, 3.05) is 64.7 Å². The molecule has 12 nitrogen and oxygen atoms in total. The number of halogens is 2. The third-order valence-corrected chi connectivity index (χ3v) is 13.2. The number of β-amino-alcohol motifs (C(OH)–C–C–N with tert-alkyl or cyclic N) is 1. The molecule has 3 saturated heterocycles. The molecule has 5 fully saturated rings. The smallest absolute Gasteiger partial charge is 0.319 e. The summed E-state index contributed by atoms with van der Waals surface area (Å²) in [5.41, 5.74) is -0.881. The second-order valence-electron chi connectivity index (χ2n) is 17.3. The van der Waals surface area contributed by atoms with Crippen LogP contribution in [0.4, 0.5) is 14.6 Å². The number of fused-ring (bicyclic) bond motifs is 3. The number of rotatable bonds is 9. The molecule has 4 unspecified atom stereocenters. The first-order valence-corrected chi connectivity index (χ1v) is 21.0. The van der Waals surface area contributed by atoms with Crippen LogP contribution in [0.2, 0.25) is 0 Å². The molecular formula is C44H57F2N5O7. The number of likely N-dealkylation sites (tertiary alicyclic amines) is 1. The van der Waals surface area contributed by atoms with Gasteiger partial charge >= 0.3 is 6.01 Å². The Kier molecular flexibility index (Phi) is 11.2. The highest BCUT2D eigenvalue weighted by atomic mass is 19.1. The van der Waals surface area contributed by atoms with Gasteiger partial charge in [-0.2, -0.15) is 9.97 Å². The molecule has 5 heterocycles. The van der Waals surface area contributed by atoms with E-state index in [1.807, 2.05) is 20.8 Å². The van der Waals surface area contributed by atoms with Crippen molar-refractivity contribution in [2.45, 2.75) is 103 Å². The molecule has 314 valence electrons. The standard InChI is InChI=1S/C42H51F2N5O7.C2H6/c1-4-28-30(43)9-8-24-13-26(51)14-29(32(24)28)35-34(44)36-33(38(45-35)53-3)37(48-17-27(18-50)55-20-40(2,52)19-48)47-39(46-36)56-23-42-10-5-7-31(42)49(12-6-11-42)25-15-41(16-25)21-54-22-41;1-2/h8-9,13-14,25,27,31,50-52H,4-7,10-12,15-23H2,1-3H3;1-2H3. The van der Waals surface area contributed by atoms with Gasteiger partial charge in [0.05, 0.1) is 52.8 Å². The van der Waals surface area contributed by atoms with Gasteiger partial charge in [-0.1, -0.05) is 33.3 Å². The van der Waals surface area contributed by atoms with E-state index in [2.05, 4.69) is 9.88 Å². The number of aliphatic hydroxyl groups is 2. The zero-order valence-electron chi connectivity index (χ0n) is 34.3. The van der Waals surface area contributed by atoms with Crippen LogP contribution in [0.25, 0.3) is 32.9 Å². The molecule has 3 N–H and O–H groups in total. The molecule has 2 saturated carbocycles. The first kappa shape index (κ1) is 40.8. The topological polar surface area (TPSA) is 143 Å². The average Bonchev–Trinajstić information content (AvgIpc) is 3.55. The summed E-state index contributed by atoms with van der Waals surface area (Å²) in [7, 11) is 1.41. The first-order valence-electron chi connectivity index (χ1n) is 21.0. The maximum atomic E-state index is 17.5. The number of nitrogens with zero attached hydrogens (tertiary/aromatic N) is 5. The third kappa shape index (κ3) is 7.12. The molecule has 1 spiro atoms. The lowest BCUT2D eigenvalue weighted by Gasteiger charge is -2.60. The van der Waals surface area contributed by atoms with Crippen molar-refractivity contribution in [2.24, 2.45) is 10.8 Å². The lowest BCUT2D eigenvalue weighted by atomic mass is 9.62. The van der Waals surface area contributed by atoms with E-state index in [9.17, 15) is 15.3 Å². The number of phenolic OH excluding ortho intramolecular Hbond substituents is 1. The van der Waals surface area contributed by atoms with Crippen molar-refractivity contribution >= 4 is 27.5 Å². The number of aromatic hydroxyl groups is 1. The van der Waals surface area contributed by atoms with Crippen LogP contribution in [0.15, 0.2) is 24.3 Å². The fourth-order valence-electron chi connectivity index (χ4n) is 10.5. The summed E-state index contributed by atoms with van der Waals surface area (Å²) < 4.78 is 56.6. The van der Waals surface area contributed by atoms with Crippen LogP contribution in [-0.2, 0) is 15.9 Å². The molecule has 2 aromatic carbocycles. The Bertz CT molecular complexity index is 2160. The predicted octanol–water partition coefficient (Wildman–Crippen LogP) is 6.57. The molecule has 2 aliphatic carbocycles. The van der Waals surface area contributed by atoms with Crippen molar-refractivity contribution in [3.63, 3.8) is 0 Å². The third-order valence-electron chi connectivity index (χ3n) is 13.2.